The summed E-state index contributed by atoms with van der Waals surface area (Å²) in [7, 11) is 0. The Kier molecular flexibility index (Phi) is 11.1. The number of rotatable bonds is 7. The molecule has 1 saturated heterocycles. The van der Waals surface area contributed by atoms with Crippen LogP contribution in [-0.2, 0) is 0 Å². The number of hydrazine groups is 1. The first kappa shape index (κ1) is 29.0. The number of hydrogen-bond donors (Lipinski definition) is 4. The van der Waals surface area contributed by atoms with E-state index in [1.54, 1.807) is 18.5 Å². The molecule has 0 radical (unpaired) electrons. The average Bonchev–Trinajstić information content (AvgIpc) is 3.54. The summed E-state index contributed by atoms with van der Waals surface area (Å²) in [5.41, 5.74) is 8.40. The van der Waals surface area contributed by atoms with E-state index in [0.29, 0.717) is 23.2 Å². The van der Waals surface area contributed by atoms with Crippen LogP contribution in [0.5, 0.6) is 0 Å². The lowest BCUT2D eigenvalue weighted by Gasteiger charge is -2.22. The summed E-state index contributed by atoms with van der Waals surface area (Å²) in [6.07, 6.45) is 12.7. The number of amidine groups is 1. The number of halogens is 2. The number of pyridine rings is 1. The second-order valence-corrected chi connectivity index (χ2v) is 8.90. The van der Waals surface area contributed by atoms with Gasteiger partial charge in [0, 0.05) is 41.1 Å². The second kappa shape index (κ2) is 13.8. The van der Waals surface area contributed by atoms with Crippen molar-refractivity contribution in [2.45, 2.75) is 65.1 Å². The summed E-state index contributed by atoms with van der Waals surface area (Å²) in [4.78, 5) is 4.22. The van der Waals surface area contributed by atoms with Crippen LogP contribution in [0.4, 0.5) is 10.2 Å². The van der Waals surface area contributed by atoms with E-state index < -0.39 is 5.83 Å². The number of nitrogens with two attached hydrogens (primary N) is 3. The molecule has 0 aromatic carbocycles. The van der Waals surface area contributed by atoms with Gasteiger partial charge in [-0.25, -0.2) is 15.2 Å². The van der Waals surface area contributed by atoms with Crippen molar-refractivity contribution >= 4 is 23.3 Å². The molecule has 196 valence electrons. The van der Waals surface area contributed by atoms with E-state index in [0.717, 1.165) is 22.6 Å². The second-order valence-electron chi connectivity index (χ2n) is 8.69. The van der Waals surface area contributed by atoms with Gasteiger partial charge in [0.05, 0.1) is 23.5 Å². The van der Waals surface area contributed by atoms with Crippen molar-refractivity contribution < 1.29 is 4.39 Å². The van der Waals surface area contributed by atoms with E-state index >= 15 is 0 Å². The number of anilines is 1. The van der Waals surface area contributed by atoms with Gasteiger partial charge in [-0.05, 0) is 53.0 Å². The fourth-order valence-corrected chi connectivity index (χ4v) is 3.96. The van der Waals surface area contributed by atoms with Crippen LogP contribution in [0, 0.1) is 0 Å². The molecule has 3 unspecified atom stereocenters. The maximum atomic E-state index is 13.8. The highest BCUT2D eigenvalue weighted by molar-refractivity contribution is 6.25. The van der Waals surface area contributed by atoms with Gasteiger partial charge >= 0.3 is 0 Å². The molecule has 2 aromatic rings. The lowest BCUT2D eigenvalue weighted by Crippen LogP contribution is -2.38. The summed E-state index contributed by atoms with van der Waals surface area (Å²) in [6.45, 7) is 11.9. The Morgan fingerprint density at radius 1 is 1.36 bits per heavy atom. The van der Waals surface area contributed by atoms with Crippen molar-refractivity contribution in [2.75, 3.05) is 5.73 Å². The van der Waals surface area contributed by atoms with Crippen molar-refractivity contribution in [2.24, 2.45) is 16.8 Å². The van der Waals surface area contributed by atoms with E-state index in [1.165, 1.54) is 12.8 Å². The third kappa shape index (κ3) is 7.39. The van der Waals surface area contributed by atoms with Crippen molar-refractivity contribution in [3.8, 4) is 11.1 Å². The normalized spacial score (nSPS) is 19.2. The summed E-state index contributed by atoms with van der Waals surface area (Å²) in [5.74, 6) is 10.7. The molecule has 11 heteroatoms. The SMILES string of the molecule is C/C=C\C.C=C(/C(F)=C/Cl)N(N)/C(=N\N)c1cc(-c2cnn(C(C)CC3CCC(C)N3)c2)cnc1N. The summed E-state index contributed by atoms with van der Waals surface area (Å²) in [5, 5.41) is 12.7. The fraction of sp³-hybridized carbons (Fsp3) is 0.400. The molecule has 9 nitrogen and oxygen atoms in total. The van der Waals surface area contributed by atoms with E-state index in [-0.39, 0.29) is 23.4 Å². The zero-order valence-corrected chi connectivity index (χ0v) is 22.1. The Balaban J connectivity index is 0.00000106. The highest BCUT2D eigenvalue weighted by Gasteiger charge is 2.23. The molecule has 36 heavy (non-hydrogen) atoms. The highest BCUT2D eigenvalue weighted by atomic mass is 35.5. The Hall–Kier alpha value is -3.21. The van der Waals surface area contributed by atoms with E-state index in [4.69, 9.17) is 29.0 Å². The van der Waals surface area contributed by atoms with Crippen LogP contribution in [0.1, 0.15) is 58.6 Å². The first-order valence-corrected chi connectivity index (χ1v) is 12.2. The largest absolute Gasteiger partial charge is 0.383 e. The molecular weight excluding hydrogens is 481 g/mol. The molecule has 7 N–H and O–H groups in total. The zero-order chi connectivity index (χ0) is 26.8. The van der Waals surface area contributed by atoms with Gasteiger partial charge in [-0.15, -0.1) is 0 Å². The van der Waals surface area contributed by atoms with Crippen LogP contribution >= 0.6 is 11.6 Å². The lowest BCUT2D eigenvalue weighted by molar-refractivity contribution is 0.393. The Morgan fingerprint density at radius 2 is 2.06 bits per heavy atom. The van der Waals surface area contributed by atoms with Crippen molar-refractivity contribution in [1.29, 1.82) is 0 Å². The molecule has 2 aromatic heterocycles. The summed E-state index contributed by atoms with van der Waals surface area (Å²) in [6, 6.07) is 2.99. The number of allylic oxidation sites excluding steroid dienone is 3. The molecule has 3 rings (SSSR count). The van der Waals surface area contributed by atoms with Crippen molar-refractivity contribution in [3.63, 3.8) is 0 Å². The molecule has 0 spiro atoms. The standard InChI is InChI=1S/C21H29ClFN9.C4H8/c1-12-4-5-17(29-12)6-13(2)31-11-16(10-28-31)15-7-18(20(24)27-9-15)21(30-25)32(26)14(3)19(23)8-22;1-3-4-2/h7-13,17,29H,3-6,25-26H2,1-2H3,(H2,24,27);3-4H,1-2H3/b19-8-,30-21-;4-3-. The minimum atomic E-state index is -0.834. The van der Waals surface area contributed by atoms with Crippen molar-refractivity contribution in [1.82, 2.24) is 25.1 Å². The van der Waals surface area contributed by atoms with Crippen molar-refractivity contribution in [3.05, 3.63) is 66.0 Å². The average molecular weight is 518 g/mol. The Bertz CT molecular complexity index is 1100. The molecule has 1 fully saturated rings. The minimum Gasteiger partial charge on any atom is -0.383 e. The summed E-state index contributed by atoms with van der Waals surface area (Å²) < 4.78 is 15.8. The van der Waals surface area contributed by atoms with E-state index in [1.807, 2.05) is 36.9 Å². The molecular formula is C25H37ClFN9. The third-order valence-electron chi connectivity index (χ3n) is 5.99. The van der Waals surface area contributed by atoms with Gasteiger partial charge in [0.25, 0.3) is 0 Å². The fourth-order valence-electron chi connectivity index (χ4n) is 3.83. The molecule has 3 heterocycles. The van der Waals surface area contributed by atoms with Crippen LogP contribution < -0.4 is 22.7 Å². The third-order valence-corrected chi connectivity index (χ3v) is 6.18. The van der Waals surface area contributed by atoms with Gasteiger partial charge in [0.15, 0.2) is 11.7 Å². The van der Waals surface area contributed by atoms with Gasteiger partial charge in [-0.1, -0.05) is 30.3 Å². The number of hydrogen-bond acceptors (Lipinski definition) is 7. The van der Waals surface area contributed by atoms with E-state index in [2.05, 4.69) is 40.9 Å². The van der Waals surface area contributed by atoms with Gasteiger partial charge in [-0.3, -0.25) is 9.69 Å². The van der Waals surface area contributed by atoms with Gasteiger partial charge in [0.2, 0.25) is 0 Å². The molecule has 3 atom stereocenters. The summed E-state index contributed by atoms with van der Waals surface area (Å²) >= 11 is 5.41. The predicted molar refractivity (Wildman–Crippen MR) is 146 cm³/mol. The maximum absolute atomic E-state index is 13.8. The van der Waals surface area contributed by atoms with Crippen LogP contribution in [0.25, 0.3) is 11.1 Å². The molecule has 0 bridgehead atoms. The molecule has 0 amide bonds. The van der Waals surface area contributed by atoms with Gasteiger partial charge in [0.1, 0.15) is 5.82 Å². The Labute approximate surface area is 217 Å². The quantitative estimate of drug-likeness (QED) is 0.105. The monoisotopic (exact) mass is 517 g/mol. The molecule has 0 aliphatic carbocycles. The van der Waals surface area contributed by atoms with Crippen LogP contribution in [-0.4, -0.2) is 37.7 Å². The first-order valence-electron chi connectivity index (χ1n) is 11.8. The lowest BCUT2D eigenvalue weighted by atomic mass is 10.1. The number of nitrogens with zero attached hydrogens (tertiary/aromatic N) is 5. The molecule has 0 saturated carbocycles. The number of nitrogen functional groups attached to an aromatic ring is 1. The first-order chi connectivity index (χ1) is 17.2. The molecule has 1 aliphatic rings. The smallest absolute Gasteiger partial charge is 0.177 e. The van der Waals surface area contributed by atoms with E-state index in [9.17, 15) is 4.39 Å². The minimum absolute atomic E-state index is 0.0160. The number of nitrogens with one attached hydrogen (secondary N) is 1. The van der Waals surface area contributed by atoms with Crippen LogP contribution in [0.15, 0.2) is 65.5 Å². The number of aromatic nitrogens is 3. The predicted octanol–water partition coefficient (Wildman–Crippen LogP) is 4.56. The van der Waals surface area contributed by atoms with Crippen LogP contribution in [0.2, 0.25) is 0 Å². The zero-order valence-electron chi connectivity index (χ0n) is 21.3. The van der Waals surface area contributed by atoms with Gasteiger partial charge < -0.3 is 16.9 Å². The maximum Gasteiger partial charge on any atom is 0.177 e. The topological polar surface area (TPSA) is 136 Å². The van der Waals surface area contributed by atoms with Crippen LogP contribution in [0.3, 0.4) is 0 Å². The Morgan fingerprint density at radius 3 is 2.61 bits per heavy atom. The number of hydrazone groups is 1. The van der Waals surface area contributed by atoms with Gasteiger partial charge in [-0.2, -0.15) is 10.2 Å². The molecule has 1 aliphatic heterocycles. The highest BCUT2D eigenvalue weighted by Crippen LogP contribution is 2.27.